The Kier molecular flexibility index (Phi) is 6.17. The molecule has 4 aliphatic carbocycles. The smallest absolute Gasteiger partial charge is 0.0641 e. The van der Waals surface area contributed by atoms with Gasteiger partial charge in [-0.3, -0.25) is 0 Å². The van der Waals surface area contributed by atoms with Crippen molar-refractivity contribution >= 4 is 0 Å². The molecular formula is C27H48O3. The lowest BCUT2D eigenvalue weighted by Crippen LogP contribution is -2.55. The fraction of sp³-hybridized carbons (Fsp3) is 1.00. The third kappa shape index (κ3) is 4.01. The van der Waals surface area contributed by atoms with Crippen LogP contribution in [0.1, 0.15) is 111 Å². The van der Waals surface area contributed by atoms with Crippen molar-refractivity contribution in [1.82, 2.24) is 0 Å². The summed E-state index contributed by atoms with van der Waals surface area (Å²) in [6.07, 6.45) is 15.2. The molecule has 3 N–H and O–H groups in total. The van der Waals surface area contributed by atoms with Crippen LogP contribution in [-0.4, -0.2) is 33.1 Å². The highest BCUT2D eigenvalue weighted by Gasteiger charge is 2.60. The topological polar surface area (TPSA) is 60.7 Å². The van der Waals surface area contributed by atoms with Gasteiger partial charge in [0.05, 0.1) is 11.2 Å². The zero-order chi connectivity index (χ0) is 21.8. The third-order valence-electron chi connectivity index (χ3n) is 11.1. The maximum Gasteiger partial charge on any atom is 0.0641 e. The Bertz CT molecular complexity index is 613. The molecule has 4 fully saturated rings. The summed E-state index contributed by atoms with van der Waals surface area (Å²) in [6.45, 7) is 9.22. The van der Waals surface area contributed by atoms with E-state index in [2.05, 4.69) is 20.8 Å². The van der Waals surface area contributed by atoms with Crippen molar-refractivity contribution in [3.05, 3.63) is 0 Å². The van der Waals surface area contributed by atoms with Crippen LogP contribution in [0.5, 0.6) is 0 Å². The van der Waals surface area contributed by atoms with Crippen LogP contribution in [-0.2, 0) is 0 Å². The van der Waals surface area contributed by atoms with Crippen molar-refractivity contribution < 1.29 is 15.3 Å². The SMILES string of the molecule is C[C@@](O)(CCO)CCC[C@H]1CC[C@H]2[C@@H]3CC[C@H]4C[C@@](C)(O)CC[C@]4(C)[C@H]3CC[C@]12C. The Hall–Kier alpha value is -0.120. The van der Waals surface area contributed by atoms with Crippen LogP contribution < -0.4 is 0 Å². The van der Waals surface area contributed by atoms with Crippen LogP contribution >= 0.6 is 0 Å². The van der Waals surface area contributed by atoms with Gasteiger partial charge in [-0.05, 0) is 131 Å². The van der Waals surface area contributed by atoms with Gasteiger partial charge in [0.15, 0.2) is 0 Å². The fourth-order valence-corrected chi connectivity index (χ4v) is 9.11. The Balaban J connectivity index is 1.41. The number of aliphatic hydroxyl groups excluding tert-OH is 1. The summed E-state index contributed by atoms with van der Waals surface area (Å²) >= 11 is 0. The molecule has 0 aliphatic heterocycles. The van der Waals surface area contributed by atoms with Crippen molar-refractivity contribution in [2.24, 2.45) is 40.4 Å². The normalized spacial score (nSPS) is 50.3. The number of fused-ring (bicyclic) bond motifs is 5. The Morgan fingerprint density at radius 2 is 1.60 bits per heavy atom. The highest BCUT2D eigenvalue weighted by atomic mass is 16.3. The van der Waals surface area contributed by atoms with E-state index in [1.807, 2.05) is 6.92 Å². The molecule has 4 saturated carbocycles. The summed E-state index contributed by atoms with van der Waals surface area (Å²) in [4.78, 5) is 0. The minimum Gasteiger partial charge on any atom is -0.396 e. The van der Waals surface area contributed by atoms with Crippen molar-refractivity contribution in [3.63, 3.8) is 0 Å². The van der Waals surface area contributed by atoms with Crippen molar-refractivity contribution in [2.45, 2.75) is 122 Å². The second-order valence-corrected chi connectivity index (χ2v) is 13.0. The van der Waals surface area contributed by atoms with Gasteiger partial charge in [-0.2, -0.15) is 0 Å². The lowest BCUT2D eigenvalue weighted by molar-refractivity contribution is -0.146. The van der Waals surface area contributed by atoms with Crippen molar-refractivity contribution in [2.75, 3.05) is 6.61 Å². The van der Waals surface area contributed by atoms with Gasteiger partial charge in [0.25, 0.3) is 0 Å². The summed E-state index contributed by atoms with van der Waals surface area (Å²) in [7, 11) is 0. The van der Waals surface area contributed by atoms with Crippen LogP contribution in [0.25, 0.3) is 0 Å². The van der Waals surface area contributed by atoms with Crippen molar-refractivity contribution in [3.8, 4) is 0 Å². The zero-order valence-corrected chi connectivity index (χ0v) is 20.1. The summed E-state index contributed by atoms with van der Waals surface area (Å²) in [5, 5.41) is 30.3. The minimum atomic E-state index is -0.708. The molecule has 0 radical (unpaired) electrons. The first-order valence-electron chi connectivity index (χ1n) is 13.1. The molecule has 0 aromatic carbocycles. The monoisotopic (exact) mass is 420 g/mol. The van der Waals surface area contributed by atoms with Gasteiger partial charge in [0.1, 0.15) is 0 Å². The second-order valence-electron chi connectivity index (χ2n) is 13.0. The van der Waals surface area contributed by atoms with Gasteiger partial charge in [-0.1, -0.05) is 20.3 Å². The number of hydrogen-bond acceptors (Lipinski definition) is 3. The average Bonchev–Trinajstić information content (AvgIpc) is 2.99. The molecule has 0 bridgehead atoms. The Morgan fingerprint density at radius 1 is 0.867 bits per heavy atom. The molecule has 0 amide bonds. The van der Waals surface area contributed by atoms with Crippen molar-refractivity contribution in [1.29, 1.82) is 0 Å². The highest BCUT2D eigenvalue weighted by molar-refractivity contribution is 5.10. The average molecular weight is 421 g/mol. The molecule has 0 spiro atoms. The van der Waals surface area contributed by atoms with Crippen LogP contribution in [0.4, 0.5) is 0 Å². The van der Waals surface area contributed by atoms with Gasteiger partial charge in [-0.25, -0.2) is 0 Å². The maximum absolute atomic E-state index is 10.7. The van der Waals surface area contributed by atoms with E-state index in [0.717, 1.165) is 55.3 Å². The molecule has 4 aliphatic rings. The van der Waals surface area contributed by atoms with E-state index >= 15 is 0 Å². The van der Waals surface area contributed by atoms with E-state index < -0.39 is 11.2 Å². The lowest BCUT2D eigenvalue weighted by Gasteiger charge is -2.62. The second kappa shape index (κ2) is 8.03. The molecule has 0 aromatic heterocycles. The number of rotatable bonds is 6. The molecule has 0 heterocycles. The van der Waals surface area contributed by atoms with Crippen LogP contribution in [0.3, 0.4) is 0 Å². The lowest BCUT2D eigenvalue weighted by atomic mass is 9.44. The van der Waals surface area contributed by atoms with E-state index in [1.165, 1.54) is 51.4 Å². The predicted molar refractivity (Wildman–Crippen MR) is 122 cm³/mol. The molecule has 0 unspecified atom stereocenters. The van der Waals surface area contributed by atoms with E-state index in [-0.39, 0.29) is 6.61 Å². The van der Waals surface area contributed by atoms with Gasteiger partial charge >= 0.3 is 0 Å². The van der Waals surface area contributed by atoms with E-state index in [9.17, 15) is 15.3 Å². The van der Waals surface area contributed by atoms with Gasteiger partial charge in [0, 0.05) is 6.61 Å². The van der Waals surface area contributed by atoms with Gasteiger partial charge in [0.2, 0.25) is 0 Å². The first-order chi connectivity index (χ1) is 14.0. The van der Waals surface area contributed by atoms with E-state index in [4.69, 9.17) is 0 Å². The number of aliphatic hydroxyl groups is 3. The molecule has 9 atom stereocenters. The predicted octanol–water partition coefficient (Wildman–Crippen LogP) is 5.70. The van der Waals surface area contributed by atoms with E-state index in [1.54, 1.807) is 0 Å². The summed E-state index contributed by atoms with van der Waals surface area (Å²) < 4.78 is 0. The molecule has 30 heavy (non-hydrogen) atoms. The van der Waals surface area contributed by atoms with Crippen LogP contribution in [0.15, 0.2) is 0 Å². The molecule has 3 nitrogen and oxygen atoms in total. The molecule has 174 valence electrons. The van der Waals surface area contributed by atoms with Gasteiger partial charge < -0.3 is 15.3 Å². The van der Waals surface area contributed by atoms with Gasteiger partial charge in [-0.15, -0.1) is 0 Å². The third-order valence-corrected chi connectivity index (χ3v) is 11.1. The molecule has 0 saturated heterocycles. The summed E-state index contributed by atoms with van der Waals surface area (Å²) in [5.74, 6) is 4.19. The maximum atomic E-state index is 10.7. The molecule has 3 heteroatoms. The Morgan fingerprint density at radius 3 is 2.33 bits per heavy atom. The standard InChI is InChI=1S/C27H48O3/c1-24(29,16-17-28)12-5-6-19-8-10-22-21-9-7-20-18-25(2,30)14-15-27(20,4)23(21)11-13-26(19,22)3/h19-23,28-30H,5-18H2,1-4H3/t19-,20-,21-,22-,23-,24-,25-,26+,27-/m0/s1. The molecule has 4 rings (SSSR count). The van der Waals surface area contributed by atoms with E-state index in [0.29, 0.717) is 17.3 Å². The Labute approximate surface area is 185 Å². The highest BCUT2D eigenvalue weighted by Crippen LogP contribution is 2.68. The van der Waals surface area contributed by atoms with Crippen LogP contribution in [0.2, 0.25) is 0 Å². The summed E-state index contributed by atoms with van der Waals surface area (Å²) in [6, 6.07) is 0. The molecule has 0 aromatic rings. The first-order valence-corrected chi connectivity index (χ1v) is 13.1. The minimum absolute atomic E-state index is 0.0779. The van der Waals surface area contributed by atoms with Crippen LogP contribution in [0, 0.1) is 40.4 Å². The quantitative estimate of drug-likeness (QED) is 0.516. The fourth-order valence-electron chi connectivity index (χ4n) is 9.11. The first kappa shape index (κ1) is 23.1. The zero-order valence-electron chi connectivity index (χ0n) is 20.1. The summed E-state index contributed by atoms with van der Waals surface area (Å²) in [5.41, 5.74) is -0.197. The number of hydrogen-bond donors (Lipinski definition) is 3. The molecular weight excluding hydrogens is 372 g/mol. The largest absolute Gasteiger partial charge is 0.396 e.